The number of likely N-dealkylation sites (N-methyl/N-ethyl adjacent to an activating group) is 1. The molecule has 0 aliphatic rings. The maximum absolute atomic E-state index is 12.9. The second-order valence-corrected chi connectivity index (χ2v) is 31.7. The van der Waals surface area contributed by atoms with E-state index in [1.54, 1.807) is 0 Å². The Kier molecular flexibility index (Phi) is 74.5. The number of carbonyl (C=O) groups excluding carboxylic acids is 2. The monoisotopic (exact) mass is 1350 g/mol. The van der Waals surface area contributed by atoms with Gasteiger partial charge in [0.1, 0.15) is 19.8 Å². The van der Waals surface area contributed by atoms with E-state index in [0.29, 0.717) is 17.4 Å². The molecule has 10 heteroatoms. The highest BCUT2D eigenvalue weighted by molar-refractivity contribution is 7.47. The number of quaternary nitrogens is 1. The highest BCUT2D eigenvalue weighted by Crippen LogP contribution is 2.43. The Morgan fingerprint density at radius 1 is 0.319 bits per heavy atom. The lowest BCUT2D eigenvalue weighted by Crippen LogP contribution is -2.37. The zero-order valence-corrected chi connectivity index (χ0v) is 64.9. The molecule has 558 valence electrons. The summed E-state index contributed by atoms with van der Waals surface area (Å²) in [5.74, 6) is -0.768. The number of esters is 2. The first kappa shape index (κ1) is 92.5. The molecule has 0 spiro atoms. The first-order chi connectivity index (χ1) is 46.0. The van der Waals surface area contributed by atoms with E-state index in [1.165, 1.54) is 385 Å². The van der Waals surface area contributed by atoms with Gasteiger partial charge in [-0.05, 0) is 64.2 Å². The van der Waals surface area contributed by atoms with Crippen molar-refractivity contribution in [1.29, 1.82) is 0 Å². The molecule has 0 aromatic heterocycles. The largest absolute Gasteiger partial charge is 0.472 e. The van der Waals surface area contributed by atoms with E-state index >= 15 is 0 Å². The average Bonchev–Trinajstić information content (AvgIpc) is 1.56. The van der Waals surface area contributed by atoms with Crippen molar-refractivity contribution in [2.24, 2.45) is 0 Å². The van der Waals surface area contributed by atoms with Gasteiger partial charge in [0.05, 0.1) is 27.7 Å². The Morgan fingerprint density at radius 2 is 0.543 bits per heavy atom. The quantitative estimate of drug-likeness (QED) is 0.0211. The predicted molar refractivity (Wildman–Crippen MR) is 409 cm³/mol. The van der Waals surface area contributed by atoms with Crippen molar-refractivity contribution < 1.29 is 42.1 Å². The lowest BCUT2D eigenvalue weighted by Gasteiger charge is -2.24. The molecule has 9 nitrogen and oxygen atoms in total. The van der Waals surface area contributed by atoms with Gasteiger partial charge in [0.2, 0.25) is 0 Å². The highest BCUT2D eigenvalue weighted by atomic mass is 31.2. The van der Waals surface area contributed by atoms with Crippen LogP contribution < -0.4 is 0 Å². The standard InChI is InChI=1S/C84H164NO8P/c1-6-8-10-12-14-16-18-20-22-24-26-28-30-32-34-36-38-39-40-41-42-43-44-45-47-49-51-53-55-57-59-61-63-65-67-69-71-73-75-77-84(87)93-82(81-92-94(88,89)91-79-78-85(3,4)5)80-90-83(86)76-74-72-70-68-66-64-62-60-58-56-54-52-50-48-46-37-35-33-31-29-27-25-23-21-19-17-15-13-11-9-7-2/h24-27,82H,6-23,28-81H2,1-5H3/p+1/b26-24-,27-25-. The number of allylic oxidation sites excluding steroid dienone is 4. The Morgan fingerprint density at radius 3 is 0.787 bits per heavy atom. The minimum Gasteiger partial charge on any atom is -0.462 e. The zero-order valence-electron chi connectivity index (χ0n) is 64.0. The van der Waals surface area contributed by atoms with Gasteiger partial charge in [0.15, 0.2) is 6.10 Å². The molecule has 0 fully saturated rings. The van der Waals surface area contributed by atoms with Crippen molar-refractivity contribution in [3.63, 3.8) is 0 Å². The van der Waals surface area contributed by atoms with Crippen molar-refractivity contribution in [2.45, 2.75) is 457 Å². The summed E-state index contributed by atoms with van der Waals surface area (Å²) in [6, 6.07) is 0. The summed E-state index contributed by atoms with van der Waals surface area (Å²) in [5, 5.41) is 0. The molecule has 0 aliphatic heterocycles. The minimum atomic E-state index is -4.39. The summed E-state index contributed by atoms with van der Waals surface area (Å²) in [7, 11) is 1.51. The first-order valence-corrected chi connectivity index (χ1v) is 43.6. The molecule has 0 amide bonds. The molecule has 2 atom stereocenters. The maximum Gasteiger partial charge on any atom is 0.472 e. The molecule has 0 heterocycles. The van der Waals surface area contributed by atoms with Crippen LogP contribution in [0.25, 0.3) is 0 Å². The molecule has 0 saturated heterocycles. The van der Waals surface area contributed by atoms with Crippen molar-refractivity contribution in [1.82, 2.24) is 0 Å². The number of ether oxygens (including phenoxy) is 2. The van der Waals surface area contributed by atoms with E-state index in [2.05, 4.69) is 38.2 Å². The second-order valence-electron chi connectivity index (χ2n) is 30.2. The zero-order chi connectivity index (χ0) is 68.3. The molecule has 0 saturated carbocycles. The van der Waals surface area contributed by atoms with Crippen LogP contribution in [0.15, 0.2) is 24.3 Å². The topological polar surface area (TPSA) is 108 Å². The lowest BCUT2D eigenvalue weighted by atomic mass is 10.0. The number of hydrogen-bond donors (Lipinski definition) is 1. The number of nitrogens with zero attached hydrogens (tertiary/aromatic N) is 1. The van der Waals surface area contributed by atoms with Crippen molar-refractivity contribution >= 4 is 19.8 Å². The van der Waals surface area contributed by atoms with Gasteiger partial charge in [-0.15, -0.1) is 0 Å². The van der Waals surface area contributed by atoms with Gasteiger partial charge < -0.3 is 18.9 Å². The third-order valence-electron chi connectivity index (χ3n) is 19.5. The van der Waals surface area contributed by atoms with Crippen LogP contribution in [0.3, 0.4) is 0 Å². The van der Waals surface area contributed by atoms with Crippen LogP contribution in [-0.4, -0.2) is 74.9 Å². The molecule has 1 N–H and O–H groups in total. The SMILES string of the molecule is CCCCCCCCCC/C=C\CCCCCCCCCCCCCCCCCCCCCCCCCCCCCC(=O)OC(COC(=O)CCCCCCCCCCCCCCCCCCCCC/C=C\CCCCCCCCCC)COP(=O)(O)OCC[N+](C)(C)C. The van der Waals surface area contributed by atoms with Crippen molar-refractivity contribution in [3.05, 3.63) is 24.3 Å². The van der Waals surface area contributed by atoms with Gasteiger partial charge >= 0.3 is 19.8 Å². The summed E-state index contributed by atoms with van der Waals surface area (Å²) < 4.78 is 34.9. The Bertz CT molecular complexity index is 1630. The second kappa shape index (κ2) is 75.7. The third-order valence-corrected chi connectivity index (χ3v) is 20.4. The van der Waals surface area contributed by atoms with Gasteiger partial charge in [0, 0.05) is 12.8 Å². The number of carbonyl (C=O) groups is 2. The smallest absolute Gasteiger partial charge is 0.462 e. The summed E-state index contributed by atoms with van der Waals surface area (Å²) >= 11 is 0. The molecular weight excluding hydrogens is 1180 g/mol. The Hall–Kier alpha value is -1.51. The summed E-state index contributed by atoms with van der Waals surface area (Å²) in [4.78, 5) is 36.0. The van der Waals surface area contributed by atoms with E-state index < -0.39 is 26.5 Å². The highest BCUT2D eigenvalue weighted by Gasteiger charge is 2.27. The summed E-state index contributed by atoms with van der Waals surface area (Å²) in [5.41, 5.74) is 0. The maximum atomic E-state index is 12.9. The fraction of sp³-hybridized carbons (Fsp3) is 0.929. The Balaban J connectivity index is 3.86. The molecule has 0 bridgehead atoms. The Labute approximate surface area is 587 Å². The fourth-order valence-electron chi connectivity index (χ4n) is 13.0. The third kappa shape index (κ3) is 79.5. The summed E-state index contributed by atoms with van der Waals surface area (Å²) in [6.45, 7) is 4.53. The molecular formula is C84H165NO8P+. The van der Waals surface area contributed by atoms with Crippen LogP contribution in [-0.2, 0) is 32.7 Å². The lowest BCUT2D eigenvalue weighted by molar-refractivity contribution is -0.870. The van der Waals surface area contributed by atoms with Crippen LogP contribution >= 0.6 is 7.82 Å². The predicted octanol–water partition coefficient (Wildman–Crippen LogP) is 28.0. The van der Waals surface area contributed by atoms with E-state index in [9.17, 15) is 19.0 Å². The van der Waals surface area contributed by atoms with Gasteiger partial charge in [-0.2, -0.15) is 0 Å². The van der Waals surface area contributed by atoms with E-state index in [0.717, 1.165) is 38.5 Å². The van der Waals surface area contributed by atoms with E-state index in [4.69, 9.17) is 18.5 Å². The fourth-order valence-corrected chi connectivity index (χ4v) is 13.8. The minimum absolute atomic E-state index is 0.0362. The average molecular weight is 1350 g/mol. The van der Waals surface area contributed by atoms with E-state index in [-0.39, 0.29) is 25.6 Å². The molecule has 94 heavy (non-hydrogen) atoms. The van der Waals surface area contributed by atoms with Crippen LogP contribution in [0.1, 0.15) is 450 Å². The van der Waals surface area contributed by atoms with Crippen molar-refractivity contribution in [3.8, 4) is 0 Å². The van der Waals surface area contributed by atoms with E-state index in [1.807, 2.05) is 21.1 Å². The van der Waals surface area contributed by atoms with Crippen molar-refractivity contribution in [2.75, 3.05) is 47.5 Å². The molecule has 0 radical (unpaired) electrons. The molecule has 0 aromatic rings. The van der Waals surface area contributed by atoms with Crippen LogP contribution in [0, 0.1) is 0 Å². The number of unbranched alkanes of at least 4 members (excludes halogenated alkanes) is 62. The molecule has 0 aliphatic carbocycles. The first-order valence-electron chi connectivity index (χ1n) is 42.1. The van der Waals surface area contributed by atoms with Gasteiger partial charge in [0.25, 0.3) is 0 Å². The van der Waals surface area contributed by atoms with Gasteiger partial charge in [-0.3, -0.25) is 18.6 Å². The molecule has 0 rings (SSSR count). The normalized spacial score (nSPS) is 13.0. The summed E-state index contributed by atoms with van der Waals surface area (Å²) in [6.07, 6.45) is 97.8. The number of phosphoric ester groups is 1. The molecule has 0 aromatic carbocycles. The van der Waals surface area contributed by atoms with Crippen LogP contribution in [0.5, 0.6) is 0 Å². The number of rotatable bonds is 80. The van der Waals surface area contributed by atoms with Gasteiger partial charge in [-0.25, -0.2) is 4.57 Å². The molecule has 2 unspecified atom stereocenters. The number of hydrogen-bond acceptors (Lipinski definition) is 7. The van der Waals surface area contributed by atoms with Crippen LogP contribution in [0.2, 0.25) is 0 Å². The number of phosphoric acid groups is 1. The van der Waals surface area contributed by atoms with Gasteiger partial charge in [-0.1, -0.05) is 398 Å². The van der Waals surface area contributed by atoms with Crippen LogP contribution in [0.4, 0.5) is 0 Å².